The van der Waals surface area contributed by atoms with Crippen molar-refractivity contribution in [2.24, 2.45) is 0 Å². The van der Waals surface area contributed by atoms with Crippen molar-refractivity contribution < 1.29 is 19.1 Å². The van der Waals surface area contributed by atoms with Crippen LogP contribution in [0.15, 0.2) is 60.8 Å². The highest BCUT2D eigenvalue weighted by Crippen LogP contribution is 2.23. The maximum absolute atomic E-state index is 12.2. The minimum Gasteiger partial charge on any atom is -0.457 e. The number of halogens is 1. The second-order valence-corrected chi connectivity index (χ2v) is 7.23. The lowest BCUT2D eigenvalue weighted by atomic mass is 10.2. The van der Waals surface area contributed by atoms with E-state index in [1.807, 2.05) is 6.92 Å². The van der Waals surface area contributed by atoms with Crippen molar-refractivity contribution in [3.8, 4) is 11.5 Å². The van der Waals surface area contributed by atoms with Crippen LogP contribution in [0.5, 0.6) is 11.5 Å². The highest BCUT2D eigenvalue weighted by atomic mass is 35.5. The summed E-state index contributed by atoms with van der Waals surface area (Å²) in [6.45, 7) is 1.86. The van der Waals surface area contributed by atoms with Crippen LogP contribution in [0.4, 0.5) is 11.4 Å². The molecular weight excluding hydrogens is 432 g/mol. The predicted molar refractivity (Wildman–Crippen MR) is 122 cm³/mol. The Morgan fingerprint density at radius 1 is 0.906 bits per heavy atom. The zero-order chi connectivity index (χ0) is 23.1. The van der Waals surface area contributed by atoms with Crippen molar-refractivity contribution in [2.45, 2.75) is 13.3 Å². The van der Waals surface area contributed by atoms with E-state index in [0.717, 1.165) is 5.56 Å². The van der Waals surface area contributed by atoms with Crippen LogP contribution in [-0.2, 0) is 9.59 Å². The summed E-state index contributed by atoms with van der Waals surface area (Å²) in [7, 11) is 1.52. The molecular formula is C23H21ClN4O4. The molecule has 32 heavy (non-hydrogen) atoms. The van der Waals surface area contributed by atoms with E-state index in [1.165, 1.54) is 19.3 Å². The number of pyridine rings is 1. The fourth-order valence-electron chi connectivity index (χ4n) is 2.70. The smallest absolute Gasteiger partial charge is 0.269 e. The topological polar surface area (TPSA) is 109 Å². The van der Waals surface area contributed by atoms with E-state index in [-0.39, 0.29) is 18.0 Å². The van der Waals surface area contributed by atoms with Gasteiger partial charge in [-0.3, -0.25) is 19.4 Å². The number of carbonyl (C=O) groups is 3. The number of rotatable bonds is 7. The molecule has 3 amide bonds. The summed E-state index contributed by atoms with van der Waals surface area (Å²) in [6, 6.07) is 14.9. The summed E-state index contributed by atoms with van der Waals surface area (Å²) < 4.78 is 5.72. The average Bonchev–Trinajstić information content (AvgIpc) is 2.77. The molecule has 1 aromatic heterocycles. The summed E-state index contributed by atoms with van der Waals surface area (Å²) in [6.07, 6.45) is 1.13. The van der Waals surface area contributed by atoms with Gasteiger partial charge in [-0.1, -0.05) is 17.7 Å². The third-order valence-electron chi connectivity index (χ3n) is 4.34. The first-order valence-electron chi connectivity index (χ1n) is 9.66. The second kappa shape index (κ2) is 10.4. The zero-order valence-electron chi connectivity index (χ0n) is 17.4. The number of ether oxygens (including phenoxy) is 1. The van der Waals surface area contributed by atoms with Gasteiger partial charge in [-0.15, -0.1) is 0 Å². The molecule has 0 aliphatic heterocycles. The fourth-order valence-corrected chi connectivity index (χ4v) is 2.88. The molecule has 0 saturated heterocycles. The Morgan fingerprint density at radius 3 is 2.22 bits per heavy atom. The van der Waals surface area contributed by atoms with Crippen LogP contribution in [0.3, 0.4) is 0 Å². The molecule has 3 rings (SSSR count). The summed E-state index contributed by atoms with van der Waals surface area (Å²) in [5.74, 6) is -0.275. The zero-order valence-corrected chi connectivity index (χ0v) is 18.2. The van der Waals surface area contributed by atoms with Crippen LogP contribution in [0, 0.1) is 6.92 Å². The van der Waals surface area contributed by atoms with Crippen molar-refractivity contribution >= 4 is 40.7 Å². The molecule has 9 heteroatoms. The van der Waals surface area contributed by atoms with Gasteiger partial charge < -0.3 is 20.7 Å². The SMILES string of the molecule is CNC(=O)c1cc(Oc2ccc(NC(=O)CC(=O)Nc3ccc(C)c(Cl)c3)cc2)ccn1. The van der Waals surface area contributed by atoms with Gasteiger partial charge in [0.1, 0.15) is 23.6 Å². The summed E-state index contributed by atoms with van der Waals surface area (Å²) in [5, 5.41) is 8.33. The van der Waals surface area contributed by atoms with E-state index in [1.54, 1.807) is 48.5 Å². The van der Waals surface area contributed by atoms with Crippen LogP contribution in [0.25, 0.3) is 0 Å². The lowest BCUT2D eigenvalue weighted by Gasteiger charge is -2.09. The fraction of sp³-hybridized carbons (Fsp3) is 0.130. The number of nitrogens with zero attached hydrogens (tertiary/aromatic N) is 1. The molecule has 0 unspecified atom stereocenters. The second-order valence-electron chi connectivity index (χ2n) is 6.82. The molecule has 0 aliphatic carbocycles. The predicted octanol–water partition coefficient (Wildman–Crippen LogP) is 4.16. The van der Waals surface area contributed by atoms with Gasteiger partial charge in [-0.05, 0) is 55.0 Å². The van der Waals surface area contributed by atoms with E-state index < -0.39 is 11.8 Å². The average molecular weight is 453 g/mol. The minimum absolute atomic E-state index is 0.236. The van der Waals surface area contributed by atoms with E-state index in [2.05, 4.69) is 20.9 Å². The van der Waals surface area contributed by atoms with Crippen molar-refractivity contribution in [1.29, 1.82) is 0 Å². The first kappa shape index (κ1) is 22.8. The minimum atomic E-state index is -0.460. The van der Waals surface area contributed by atoms with Gasteiger partial charge in [-0.2, -0.15) is 0 Å². The van der Waals surface area contributed by atoms with Crippen molar-refractivity contribution in [3.05, 3.63) is 77.1 Å². The molecule has 8 nitrogen and oxygen atoms in total. The van der Waals surface area contributed by atoms with Crippen LogP contribution in [-0.4, -0.2) is 29.8 Å². The maximum Gasteiger partial charge on any atom is 0.269 e. The number of benzene rings is 2. The normalized spacial score (nSPS) is 10.2. The number of hydrogen-bond acceptors (Lipinski definition) is 5. The van der Waals surface area contributed by atoms with Gasteiger partial charge in [0, 0.05) is 35.7 Å². The maximum atomic E-state index is 12.2. The summed E-state index contributed by atoms with van der Waals surface area (Å²) in [5.41, 5.74) is 2.16. The van der Waals surface area contributed by atoms with Gasteiger partial charge in [0.25, 0.3) is 5.91 Å². The summed E-state index contributed by atoms with van der Waals surface area (Å²) >= 11 is 6.04. The molecule has 0 saturated carbocycles. The highest BCUT2D eigenvalue weighted by molar-refractivity contribution is 6.31. The van der Waals surface area contributed by atoms with E-state index in [0.29, 0.717) is 27.9 Å². The van der Waals surface area contributed by atoms with Gasteiger partial charge in [0.15, 0.2) is 0 Å². The van der Waals surface area contributed by atoms with Crippen molar-refractivity contribution in [3.63, 3.8) is 0 Å². The monoisotopic (exact) mass is 452 g/mol. The highest BCUT2D eigenvalue weighted by Gasteiger charge is 2.11. The van der Waals surface area contributed by atoms with E-state index in [4.69, 9.17) is 16.3 Å². The van der Waals surface area contributed by atoms with Crippen LogP contribution in [0.2, 0.25) is 5.02 Å². The standard InChI is InChI=1S/C23H21ClN4O4/c1-14-3-4-16(11-19(14)24)28-22(30)13-21(29)27-15-5-7-17(8-6-15)32-18-9-10-26-20(12-18)23(31)25-2/h3-12H,13H2,1-2H3,(H,25,31)(H,27,29)(H,28,30). The Morgan fingerprint density at radius 2 is 1.56 bits per heavy atom. The van der Waals surface area contributed by atoms with Crippen LogP contribution >= 0.6 is 11.6 Å². The Labute approximate surface area is 190 Å². The molecule has 3 aromatic rings. The van der Waals surface area contributed by atoms with E-state index in [9.17, 15) is 14.4 Å². The largest absolute Gasteiger partial charge is 0.457 e. The van der Waals surface area contributed by atoms with Gasteiger partial charge in [0.05, 0.1) is 0 Å². The Kier molecular flexibility index (Phi) is 7.41. The Bertz CT molecular complexity index is 1150. The molecule has 0 bridgehead atoms. The molecule has 0 radical (unpaired) electrons. The van der Waals surface area contributed by atoms with Gasteiger partial charge >= 0.3 is 0 Å². The molecule has 3 N–H and O–H groups in total. The van der Waals surface area contributed by atoms with E-state index >= 15 is 0 Å². The third kappa shape index (κ3) is 6.29. The first-order chi connectivity index (χ1) is 15.3. The number of aryl methyl sites for hydroxylation is 1. The number of carbonyl (C=O) groups excluding carboxylic acids is 3. The van der Waals surface area contributed by atoms with Crippen molar-refractivity contribution in [2.75, 3.05) is 17.7 Å². The third-order valence-corrected chi connectivity index (χ3v) is 4.75. The lowest BCUT2D eigenvalue weighted by molar-refractivity contribution is -0.123. The van der Waals surface area contributed by atoms with Crippen molar-refractivity contribution in [1.82, 2.24) is 10.3 Å². The molecule has 0 fully saturated rings. The quantitative estimate of drug-likeness (QED) is 0.466. The molecule has 1 heterocycles. The van der Waals surface area contributed by atoms with Crippen LogP contribution in [0.1, 0.15) is 22.5 Å². The Balaban J connectivity index is 1.53. The van der Waals surface area contributed by atoms with Crippen LogP contribution < -0.4 is 20.7 Å². The number of amides is 3. The Hall–Kier alpha value is -3.91. The number of aromatic nitrogens is 1. The number of hydrogen-bond donors (Lipinski definition) is 3. The van der Waals surface area contributed by atoms with Gasteiger partial charge in [0.2, 0.25) is 11.8 Å². The number of nitrogens with one attached hydrogen (secondary N) is 3. The molecule has 0 aliphatic rings. The van der Waals surface area contributed by atoms with Gasteiger partial charge in [-0.25, -0.2) is 0 Å². The molecule has 164 valence electrons. The first-order valence-corrected chi connectivity index (χ1v) is 10.0. The lowest BCUT2D eigenvalue weighted by Crippen LogP contribution is -2.21. The summed E-state index contributed by atoms with van der Waals surface area (Å²) in [4.78, 5) is 39.9. The molecule has 0 spiro atoms. The molecule has 2 aromatic carbocycles. The molecule has 0 atom stereocenters. The number of anilines is 2.